The summed E-state index contributed by atoms with van der Waals surface area (Å²) in [4.78, 5) is 9.59. The lowest BCUT2D eigenvalue weighted by Gasteiger charge is -2.11. The highest BCUT2D eigenvalue weighted by molar-refractivity contribution is 5.60. The van der Waals surface area contributed by atoms with Gasteiger partial charge in [-0.15, -0.1) is 0 Å². The number of hydrogen-bond acceptors (Lipinski definition) is 5. The summed E-state index contributed by atoms with van der Waals surface area (Å²) < 4.78 is 5.47. The number of rotatable bonds is 6. The number of aryl methyl sites for hydroxylation is 1. The largest absolute Gasteiger partial charge is 0.362 e. The van der Waals surface area contributed by atoms with Gasteiger partial charge in [-0.05, 0) is 31.6 Å². The van der Waals surface area contributed by atoms with Crippen molar-refractivity contribution in [3.63, 3.8) is 0 Å². The minimum absolute atomic E-state index is 0.569. The minimum atomic E-state index is 0.569. The quantitative estimate of drug-likeness (QED) is 0.714. The summed E-state index contributed by atoms with van der Waals surface area (Å²) in [5.41, 5.74) is 4.46. The molecule has 0 saturated heterocycles. The molecule has 1 aliphatic carbocycles. The third kappa shape index (κ3) is 3.62. The van der Waals surface area contributed by atoms with Gasteiger partial charge in [0.05, 0.1) is 12.2 Å². The normalized spacial score (nSPS) is 13.2. The molecule has 0 fully saturated rings. The molecule has 0 atom stereocenters. The summed E-state index contributed by atoms with van der Waals surface area (Å²) in [6.07, 6.45) is 4.12. The van der Waals surface area contributed by atoms with Gasteiger partial charge in [0.2, 0.25) is 0 Å². The van der Waals surface area contributed by atoms with Crippen molar-refractivity contribution in [2.75, 3.05) is 5.32 Å². The summed E-state index contributed by atoms with van der Waals surface area (Å²) in [6, 6.07) is 12.2. The summed E-state index contributed by atoms with van der Waals surface area (Å²) in [6.45, 7) is 4.95. The van der Waals surface area contributed by atoms with Crippen molar-refractivity contribution < 1.29 is 4.52 Å². The van der Waals surface area contributed by atoms with E-state index in [1.165, 1.54) is 11.3 Å². The Morgan fingerprint density at radius 3 is 2.77 bits per heavy atom. The van der Waals surface area contributed by atoms with E-state index in [4.69, 9.17) is 14.5 Å². The van der Waals surface area contributed by atoms with Crippen LogP contribution in [0.2, 0.25) is 0 Å². The zero-order chi connectivity index (χ0) is 17.9. The van der Waals surface area contributed by atoms with Crippen molar-refractivity contribution in [1.29, 1.82) is 0 Å². The molecule has 5 heteroatoms. The monoisotopic (exact) mass is 348 g/mol. The topological polar surface area (TPSA) is 63.8 Å². The molecule has 0 saturated carbocycles. The van der Waals surface area contributed by atoms with Gasteiger partial charge in [-0.25, -0.2) is 9.97 Å². The Labute approximate surface area is 153 Å². The Kier molecular flexibility index (Phi) is 4.69. The van der Waals surface area contributed by atoms with Crippen LogP contribution in [0.3, 0.4) is 0 Å². The molecule has 2 heterocycles. The first-order chi connectivity index (χ1) is 12.7. The van der Waals surface area contributed by atoms with Gasteiger partial charge in [0.1, 0.15) is 5.82 Å². The minimum Gasteiger partial charge on any atom is -0.362 e. The van der Waals surface area contributed by atoms with Crippen molar-refractivity contribution in [3.8, 4) is 11.4 Å². The first-order valence-corrected chi connectivity index (χ1v) is 9.32. The standard InChI is InChI=1S/C21H24N4O/c1-14(2)11-16-12-17(26-25-16)13-22-21-18-9-6-10-19(18)23-20(24-21)15-7-4-3-5-8-15/h3-5,7-8,12,14H,6,9-11,13H2,1-2H3,(H,22,23,24). The molecule has 0 bridgehead atoms. The van der Waals surface area contributed by atoms with Crippen LogP contribution in [0.4, 0.5) is 5.82 Å². The molecule has 3 aromatic rings. The molecule has 1 N–H and O–H groups in total. The van der Waals surface area contributed by atoms with Gasteiger partial charge in [-0.3, -0.25) is 0 Å². The molecule has 26 heavy (non-hydrogen) atoms. The maximum absolute atomic E-state index is 5.47. The van der Waals surface area contributed by atoms with Gasteiger partial charge in [0.25, 0.3) is 0 Å². The highest BCUT2D eigenvalue weighted by Crippen LogP contribution is 2.29. The van der Waals surface area contributed by atoms with Crippen LogP contribution in [-0.2, 0) is 25.8 Å². The van der Waals surface area contributed by atoms with Crippen molar-refractivity contribution in [2.45, 2.75) is 46.1 Å². The van der Waals surface area contributed by atoms with Crippen LogP contribution < -0.4 is 5.32 Å². The second-order valence-electron chi connectivity index (χ2n) is 7.28. The first kappa shape index (κ1) is 16.8. The van der Waals surface area contributed by atoms with Crippen LogP contribution in [0.25, 0.3) is 11.4 Å². The molecule has 5 nitrogen and oxygen atoms in total. The third-order valence-electron chi connectivity index (χ3n) is 4.62. The van der Waals surface area contributed by atoms with Crippen LogP contribution in [0.1, 0.15) is 43.0 Å². The van der Waals surface area contributed by atoms with Gasteiger partial charge in [-0.1, -0.05) is 49.3 Å². The van der Waals surface area contributed by atoms with Gasteiger partial charge < -0.3 is 9.84 Å². The molecule has 0 amide bonds. The molecule has 0 unspecified atom stereocenters. The smallest absolute Gasteiger partial charge is 0.161 e. The summed E-state index contributed by atoms with van der Waals surface area (Å²) in [7, 11) is 0. The van der Waals surface area contributed by atoms with E-state index in [1.54, 1.807) is 0 Å². The molecule has 0 spiro atoms. The highest BCUT2D eigenvalue weighted by Gasteiger charge is 2.20. The first-order valence-electron chi connectivity index (χ1n) is 9.32. The lowest BCUT2D eigenvalue weighted by Crippen LogP contribution is -2.07. The van der Waals surface area contributed by atoms with Crippen molar-refractivity contribution >= 4 is 5.82 Å². The van der Waals surface area contributed by atoms with Gasteiger partial charge in [-0.2, -0.15) is 0 Å². The molecule has 134 valence electrons. The van der Waals surface area contributed by atoms with E-state index in [9.17, 15) is 0 Å². The van der Waals surface area contributed by atoms with Crippen molar-refractivity contribution in [1.82, 2.24) is 15.1 Å². The molecule has 0 radical (unpaired) electrons. The van der Waals surface area contributed by atoms with Gasteiger partial charge in [0, 0.05) is 22.9 Å². The Balaban J connectivity index is 1.56. The number of hydrogen-bond donors (Lipinski definition) is 1. The lowest BCUT2D eigenvalue weighted by molar-refractivity contribution is 0.378. The van der Waals surface area contributed by atoms with E-state index < -0.39 is 0 Å². The average molecular weight is 348 g/mol. The Hall–Kier alpha value is -2.69. The molecule has 1 aromatic carbocycles. The lowest BCUT2D eigenvalue weighted by atomic mass is 10.1. The Bertz CT molecular complexity index is 886. The maximum atomic E-state index is 5.47. The van der Waals surface area contributed by atoms with Gasteiger partial charge >= 0.3 is 0 Å². The van der Waals surface area contributed by atoms with Crippen LogP contribution in [0.15, 0.2) is 40.9 Å². The maximum Gasteiger partial charge on any atom is 0.161 e. The van der Waals surface area contributed by atoms with E-state index in [0.29, 0.717) is 12.5 Å². The van der Waals surface area contributed by atoms with E-state index in [2.05, 4.69) is 36.5 Å². The Morgan fingerprint density at radius 1 is 1.12 bits per heavy atom. The summed E-state index contributed by atoms with van der Waals surface area (Å²) in [5.74, 6) is 3.12. The van der Waals surface area contributed by atoms with E-state index in [1.807, 2.05) is 24.3 Å². The fourth-order valence-corrected chi connectivity index (χ4v) is 3.42. The van der Waals surface area contributed by atoms with Crippen LogP contribution in [-0.4, -0.2) is 15.1 Å². The molecule has 2 aromatic heterocycles. The number of anilines is 1. The number of aromatic nitrogens is 3. The van der Waals surface area contributed by atoms with Crippen LogP contribution in [0.5, 0.6) is 0 Å². The third-order valence-corrected chi connectivity index (χ3v) is 4.62. The molecule has 1 aliphatic rings. The van der Waals surface area contributed by atoms with Crippen molar-refractivity contribution in [2.24, 2.45) is 5.92 Å². The molecule has 0 aliphatic heterocycles. The second kappa shape index (κ2) is 7.28. The number of fused-ring (bicyclic) bond motifs is 1. The molecular weight excluding hydrogens is 324 g/mol. The predicted molar refractivity (Wildman–Crippen MR) is 102 cm³/mol. The predicted octanol–water partition coefficient (Wildman–Crippen LogP) is 4.43. The van der Waals surface area contributed by atoms with E-state index >= 15 is 0 Å². The number of nitrogens with zero attached hydrogens (tertiary/aromatic N) is 3. The SMILES string of the molecule is CC(C)Cc1cc(CNc2nc(-c3ccccc3)nc3c2CCC3)on1. The second-order valence-corrected chi connectivity index (χ2v) is 7.28. The van der Waals surface area contributed by atoms with Crippen LogP contribution in [0, 0.1) is 5.92 Å². The highest BCUT2D eigenvalue weighted by atomic mass is 16.5. The van der Waals surface area contributed by atoms with E-state index in [0.717, 1.165) is 54.3 Å². The number of nitrogens with one attached hydrogen (secondary N) is 1. The van der Waals surface area contributed by atoms with E-state index in [-0.39, 0.29) is 0 Å². The molecular formula is C21H24N4O. The van der Waals surface area contributed by atoms with Crippen LogP contribution >= 0.6 is 0 Å². The average Bonchev–Trinajstić information content (AvgIpc) is 3.29. The summed E-state index contributed by atoms with van der Waals surface area (Å²) in [5, 5.41) is 7.61. The fraction of sp³-hybridized carbons (Fsp3) is 0.381. The van der Waals surface area contributed by atoms with Gasteiger partial charge in [0.15, 0.2) is 11.6 Å². The Morgan fingerprint density at radius 2 is 1.96 bits per heavy atom. The summed E-state index contributed by atoms with van der Waals surface area (Å²) >= 11 is 0. The fourth-order valence-electron chi connectivity index (χ4n) is 3.42. The van der Waals surface area contributed by atoms with Crippen molar-refractivity contribution in [3.05, 3.63) is 59.1 Å². The zero-order valence-corrected chi connectivity index (χ0v) is 15.3. The molecule has 4 rings (SSSR count). The number of benzene rings is 1. The zero-order valence-electron chi connectivity index (χ0n) is 15.3.